The van der Waals surface area contributed by atoms with Crippen LogP contribution < -0.4 is 0 Å². The van der Waals surface area contributed by atoms with Gasteiger partial charge in [-0.15, -0.1) is 0 Å². The average molecular weight is 301 g/mol. The minimum absolute atomic E-state index is 0.0373. The zero-order valence-electron chi connectivity index (χ0n) is 11.4. The number of carboxylic acid groups (broad SMARTS) is 1. The van der Waals surface area contributed by atoms with Gasteiger partial charge in [-0.05, 0) is 38.3 Å². The first kappa shape index (κ1) is 15.1. The van der Waals surface area contributed by atoms with Crippen LogP contribution in [0.2, 0.25) is 0 Å². The van der Waals surface area contributed by atoms with Crippen molar-refractivity contribution < 1.29 is 22.7 Å². The molecule has 1 fully saturated rings. The molecule has 0 aromatic carbocycles. The second kappa shape index (κ2) is 5.97. The largest absolute Gasteiger partial charge is 0.481 e. The van der Waals surface area contributed by atoms with E-state index in [-0.39, 0.29) is 31.2 Å². The summed E-state index contributed by atoms with van der Waals surface area (Å²) in [6.45, 7) is 2.04. The van der Waals surface area contributed by atoms with Crippen molar-refractivity contribution in [3.8, 4) is 0 Å². The third-order valence-electron chi connectivity index (χ3n) is 3.21. The van der Waals surface area contributed by atoms with Crippen LogP contribution in [0.1, 0.15) is 37.2 Å². The number of carbonyl (C=O) groups is 1. The zero-order valence-corrected chi connectivity index (χ0v) is 12.2. The Morgan fingerprint density at radius 3 is 2.65 bits per heavy atom. The SMILES string of the molecule is Cc1ccc(CN(C2CC2)S(=O)(=O)CCCC(=O)O)o1. The van der Waals surface area contributed by atoms with Gasteiger partial charge in [0, 0.05) is 12.5 Å². The lowest BCUT2D eigenvalue weighted by Crippen LogP contribution is -2.34. The number of aliphatic carboxylic acids is 1. The quantitative estimate of drug-likeness (QED) is 0.790. The van der Waals surface area contributed by atoms with Crippen LogP contribution in [0, 0.1) is 6.92 Å². The lowest BCUT2D eigenvalue weighted by molar-refractivity contribution is -0.137. The van der Waals surface area contributed by atoms with E-state index in [2.05, 4.69) is 0 Å². The smallest absolute Gasteiger partial charge is 0.303 e. The molecule has 112 valence electrons. The van der Waals surface area contributed by atoms with Crippen molar-refractivity contribution >= 4 is 16.0 Å². The van der Waals surface area contributed by atoms with Gasteiger partial charge < -0.3 is 9.52 Å². The first-order valence-electron chi connectivity index (χ1n) is 6.65. The summed E-state index contributed by atoms with van der Waals surface area (Å²) in [5.74, 6) is 0.269. The van der Waals surface area contributed by atoms with E-state index < -0.39 is 16.0 Å². The van der Waals surface area contributed by atoms with Crippen molar-refractivity contribution in [2.45, 2.75) is 45.2 Å². The summed E-state index contributed by atoms with van der Waals surface area (Å²) in [4.78, 5) is 10.5. The van der Waals surface area contributed by atoms with E-state index in [0.29, 0.717) is 5.76 Å². The van der Waals surface area contributed by atoms with Crippen molar-refractivity contribution in [3.63, 3.8) is 0 Å². The zero-order chi connectivity index (χ0) is 14.8. The fourth-order valence-corrected chi connectivity index (χ4v) is 3.80. The maximum Gasteiger partial charge on any atom is 0.303 e. The van der Waals surface area contributed by atoms with Crippen LogP contribution in [-0.4, -0.2) is 35.6 Å². The first-order valence-corrected chi connectivity index (χ1v) is 8.26. The van der Waals surface area contributed by atoms with Gasteiger partial charge in [0.1, 0.15) is 11.5 Å². The lowest BCUT2D eigenvalue weighted by atomic mass is 10.3. The summed E-state index contributed by atoms with van der Waals surface area (Å²) in [5.41, 5.74) is 0. The highest BCUT2D eigenvalue weighted by molar-refractivity contribution is 7.89. The molecule has 1 saturated carbocycles. The molecule has 6 nitrogen and oxygen atoms in total. The molecule has 1 aliphatic rings. The molecule has 1 aromatic rings. The molecule has 0 unspecified atom stereocenters. The molecule has 0 aliphatic heterocycles. The third-order valence-corrected chi connectivity index (χ3v) is 5.16. The van der Waals surface area contributed by atoms with E-state index in [1.165, 1.54) is 4.31 Å². The van der Waals surface area contributed by atoms with Gasteiger partial charge in [0.15, 0.2) is 0 Å². The molecule has 1 aliphatic carbocycles. The van der Waals surface area contributed by atoms with Crippen LogP contribution >= 0.6 is 0 Å². The fraction of sp³-hybridized carbons (Fsp3) is 0.615. The van der Waals surface area contributed by atoms with Gasteiger partial charge in [-0.2, -0.15) is 4.31 Å². The molecular formula is C13H19NO5S. The van der Waals surface area contributed by atoms with E-state index >= 15 is 0 Å². The van der Waals surface area contributed by atoms with E-state index in [1.807, 2.05) is 6.92 Å². The van der Waals surface area contributed by atoms with Crippen molar-refractivity contribution in [2.75, 3.05) is 5.75 Å². The molecule has 1 aromatic heterocycles. The number of nitrogens with zero attached hydrogens (tertiary/aromatic N) is 1. The Labute approximate surface area is 118 Å². The normalized spacial score (nSPS) is 15.7. The second-order valence-electron chi connectivity index (χ2n) is 5.10. The Morgan fingerprint density at radius 1 is 1.45 bits per heavy atom. The van der Waals surface area contributed by atoms with Crippen molar-refractivity contribution in [1.29, 1.82) is 0 Å². The number of rotatable bonds is 8. The molecule has 0 saturated heterocycles. The Hall–Kier alpha value is -1.34. The standard InChI is InChI=1S/C13H19NO5S/c1-10-4-7-12(19-10)9-14(11-5-6-11)20(17,18)8-2-3-13(15)16/h4,7,11H,2-3,5-6,8-9H2,1H3,(H,15,16). The molecule has 0 radical (unpaired) electrons. The minimum atomic E-state index is -3.43. The minimum Gasteiger partial charge on any atom is -0.481 e. The van der Waals surface area contributed by atoms with Crippen LogP contribution in [0.4, 0.5) is 0 Å². The molecule has 7 heteroatoms. The fourth-order valence-electron chi connectivity index (χ4n) is 2.06. The van der Waals surface area contributed by atoms with Gasteiger partial charge in [0.25, 0.3) is 0 Å². The van der Waals surface area contributed by atoms with Gasteiger partial charge >= 0.3 is 5.97 Å². The maximum absolute atomic E-state index is 12.3. The highest BCUT2D eigenvalue weighted by Gasteiger charge is 2.37. The highest BCUT2D eigenvalue weighted by atomic mass is 32.2. The molecule has 0 atom stereocenters. The number of furan rings is 1. The van der Waals surface area contributed by atoms with Gasteiger partial charge in [0.05, 0.1) is 12.3 Å². The predicted octanol–water partition coefficient (Wildman–Crippen LogP) is 1.75. The molecule has 0 amide bonds. The van der Waals surface area contributed by atoms with Crippen LogP contribution in [-0.2, 0) is 21.4 Å². The predicted molar refractivity (Wildman–Crippen MR) is 72.7 cm³/mol. The number of carboxylic acids is 1. The Balaban J connectivity index is 2.01. The van der Waals surface area contributed by atoms with E-state index in [1.54, 1.807) is 12.1 Å². The van der Waals surface area contributed by atoms with Gasteiger partial charge in [-0.3, -0.25) is 4.79 Å². The van der Waals surface area contributed by atoms with E-state index in [0.717, 1.165) is 18.6 Å². The monoisotopic (exact) mass is 301 g/mol. The molecular weight excluding hydrogens is 282 g/mol. The molecule has 20 heavy (non-hydrogen) atoms. The number of aryl methyl sites for hydroxylation is 1. The first-order chi connectivity index (χ1) is 9.38. The maximum atomic E-state index is 12.3. The van der Waals surface area contributed by atoms with Crippen LogP contribution in [0.5, 0.6) is 0 Å². The average Bonchev–Trinajstić information content (AvgIpc) is 3.09. The van der Waals surface area contributed by atoms with Crippen molar-refractivity contribution in [2.24, 2.45) is 0 Å². The third kappa shape index (κ3) is 4.08. The van der Waals surface area contributed by atoms with Crippen LogP contribution in [0.3, 0.4) is 0 Å². The summed E-state index contributed by atoms with van der Waals surface area (Å²) in [7, 11) is -3.43. The van der Waals surface area contributed by atoms with E-state index in [4.69, 9.17) is 9.52 Å². The number of hydrogen-bond donors (Lipinski definition) is 1. The second-order valence-corrected chi connectivity index (χ2v) is 7.14. The summed E-state index contributed by atoms with van der Waals surface area (Å²) >= 11 is 0. The van der Waals surface area contributed by atoms with Crippen molar-refractivity contribution in [3.05, 3.63) is 23.7 Å². The molecule has 2 rings (SSSR count). The topological polar surface area (TPSA) is 87.8 Å². The Bertz CT molecular complexity index is 573. The summed E-state index contributed by atoms with van der Waals surface area (Å²) in [6.07, 6.45) is 1.73. The van der Waals surface area contributed by atoms with Gasteiger partial charge in [-0.25, -0.2) is 8.42 Å². The molecule has 0 spiro atoms. The summed E-state index contributed by atoms with van der Waals surface area (Å²) in [6, 6.07) is 3.62. The van der Waals surface area contributed by atoms with Gasteiger partial charge in [0.2, 0.25) is 10.0 Å². The highest BCUT2D eigenvalue weighted by Crippen LogP contribution is 2.31. The Morgan fingerprint density at radius 2 is 2.15 bits per heavy atom. The number of sulfonamides is 1. The van der Waals surface area contributed by atoms with Crippen LogP contribution in [0.25, 0.3) is 0 Å². The Kier molecular flexibility index (Phi) is 4.49. The van der Waals surface area contributed by atoms with Crippen LogP contribution in [0.15, 0.2) is 16.5 Å². The molecule has 1 heterocycles. The number of hydrogen-bond acceptors (Lipinski definition) is 4. The lowest BCUT2D eigenvalue weighted by Gasteiger charge is -2.20. The molecule has 1 N–H and O–H groups in total. The van der Waals surface area contributed by atoms with E-state index in [9.17, 15) is 13.2 Å². The molecule has 0 bridgehead atoms. The summed E-state index contributed by atoms with van der Waals surface area (Å²) < 4.78 is 31.5. The summed E-state index contributed by atoms with van der Waals surface area (Å²) in [5, 5.41) is 8.58. The van der Waals surface area contributed by atoms with Crippen molar-refractivity contribution in [1.82, 2.24) is 4.31 Å². The van der Waals surface area contributed by atoms with Gasteiger partial charge in [-0.1, -0.05) is 0 Å².